The minimum absolute atomic E-state index is 0. The molecule has 0 bridgehead atoms. The summed E-state index contributed by atoms with van der Waals surface area (Å²) in [6.45, 7) is 2.27. The van der Waals surface area contributed by atoms with E-state index in [1.807, 2.05) is 0 Å². The van der Waals surface area contributed by atoms with E-state index >= 15 is 0 Å². The Morgan fingerprint density at radius 2 is 1.07 bits per heavy atom. The molecule has 160 valence electrons. The van der Waals surface area contributed by atoms with Crippen molar-refractivity contribution in [2.24, 2.45) is 5.73 Å². The van der Waals surface area contributed by atoms with E-state index in [-0.39, 0.29) is 22.9 Å². The average molecular weight is 467 g/mol. The molecule has 1 nitrogen and oxygen atoms in total. The Labute approximate surface area is 193 Å². The molecule has 0 heterocycles. The summed E-state index contributed by atoms with van der Waals surface area (Å²) in [5.41, 5.74) is 10.5. The van der Waals surface area contributed by atoms with Crippen molar-refractivity contribution >= 4 is 17.0 Å². The summed E-state index contributed by atoms with van der Waals surface area (Å²) < 4.78 is 0. The molecule has 0 radical (unpaired) electrons. The molecule has 1 atom stereocenters. The first-order chi connectivity index (χ1) is 14.3. The van der Waals surface area contributed by atoms with Crippen LogP contribution in [0.1, 0.15) is 74.5 Å². The maximum absolute atomic E-state index is 7.38. The molecule has 3 rings (SSSR count). The molecule has 0 amide bonds. The summed E-state index contributed by atoms with van der Waals surface area (Å²) in [4.78, 5) is 0. The van der Waals surface area contributed by atoms with Crippen molar-refractivity contribution in [2.45, 2.75) is 63.3 Å². The van der Waals surface area contributed by atoms with Crippen LogP contribution in [0.5, 0.6) is 0 Å². The second-order valence-electron chi connectivity index (χ2n) is 8.12. The minimum atomic E-state index is -0.548. The molecule has 0 saturated heterocycles. The molecule has 2 heteroatoms. The molecule has 0 aromatic heterocycles. The van der Waals surface area contributed by atoms with Gasteiger partial charge >= 0.3 is 0 Å². The summed E-state index contributed by atoms with van der Waals surface area (Å²) in [6, 6.07) is 32.2. The van der Waals surface area contributed by atoms with Crippen LogP contribution in [0.4, 0.5) is 0 Å². The Balaban J connectivity index is 0.00000320. The van der Waals surface area contributed by atoms with Crippen molar-refractivity contribution in [3.05, 3.63) is 108 Å². The molecule has 0 fully saturated rings. The number of halogens is 1. The van der Waals surface area contributed by atoms with Crippen LogP contribution in [0.3, 0.4) is 0 Å². The Morgan fingerprint density at radius 1 is 0.633 bits per heavy atom. The van der Waals surface area contributed by atoms with Crippen molar-refractivity contribution in [1.82, 2.24) is 0 Å². The quantitative estimate of drug-likeness (QED) is 0.285. The van der Waals surface area contributed by atoms with Crippen LogP contribution in [0.25, 0.3) is 0 Å². The lowest BCUT2D eigenvalue weighted by Gasteiger charge is -2.39. The van der Waals surface area contributed by atoms with E-state index in [0.717, 1.165) is 6.42 Å². The minimum Gasteiger partial charge on any atom is -0.317 e. The zero-order valence-corrected chi connectivity index (χ0v) is 19.9. The van der Waals surface area contributed by atoms with Crippen LogP contribution >= 0.6 is 17.0 Å². The lowest BCUT2D eigenvalue weighted by Crippen LogP contribution is -2.44. The number of unbranched alkanes of at least 4 members (excludes halogenated alkanes) is 5. The van der Waals surface area contributed by atoms with E-state index in [2.05, 4.69) is 97.9 Å². The monoisotopic (exact) mass is 465 g/mol. The normalized spacial score (nSPS) is 12.2. The van der Waals surface area contributed by atoms with Crippen LogP contribution in [-0.2, 0) is 5.54 Å². The van der Waals surface area contributed by atoms with Gasteiger partial charge in [-0.25, -0.2) is 0 Å². The third-order valence-corrected chi connectivity index (χ3v) is 6.10. The van der Waals surface area contributed by atoms with E-state index in [4.69, 9.17) is 5.73 Å². The number of rotatable bonds is 11. The van der Waals surface area contributed by atoms with Gasteiger partial charge in [-0.15, -0.1) is 17.0 Å². The van der Waals surface area contributed by atoms with Gasteiger partial charge in [-0.3, -0.25) is 0 Å². The van der Waals surface area contributed by atoms with Crippen molar-refractivity contribution in [1.29, 1.82) is 0 Å². The largest absolute Gasteiger partial charge is 0.317 e. The predicted octanol–water partition coefficient (Wildman–Crippen LogP) is 8.00. The van der Waals surface area contributed by atoms with E-state index < -0.39 is 5.54 Å². The number of hydrogen-bond donors (Lipinski definition) is 1. The van der Waals surface area contributed by atoms with Gasteiger partial charge in [-0.2, -0.15) is 0 Å². The number of nitrogens with two attached hydrogens (primary N) is 1. The van der Waals surface area contributed by atoms with Crippen LogP contribution < -0.4 is 5.73 Å². The molecule has 0 saturated carbocycles. The average Bonchev–Trinajstić information content (AvgIpc) is 2.80. The molecule has 0 spiro atoms. The van der Waals surface area contributed by atoms with E-state index in [9.17, 15) is 0 Å². The molecule has 2 N–H and O–H groups in total. The lowest BCUT2D eigenvalue weighted by atomic mass is 9.69. The summed E-state index contributed by atoms with van der Waals surface area (Å²) in [6.07, 6.45) is 8.89. The van der Waals surface area contributed by atoms with Gasteiger partial charge in [0.25, 0.3) is 0 Å². The number of benzene rings is 3. The molecule has 0 aliphatic heterocycles. The molecule has 3 aromatic carbocycles. The smallest absolute Gasteiger partial charge is 0.0735 e. The highest BCUT2D eigenvalue weighted by Crippen LogP contribution is 2.43. The lowest BCUT2D eigenvalue weighted by molar-refractivity contribution is 0.385. The Hall–Kier alpha value is -1.90. The predicted molar refractivity (Wildman–Crippen MR) is 135 cm³/mol. The second-order valence-corrected chi connectivity index (χ2v) is 8.12. The van der Waals surface area contributed by atoms with Gasteiger partial charge in [0.2, 0.25) is 0 Å². The summed E-state index contributed by atoms with van der Waals surface area (Å²) >= 11 is 0. The zero-order chi connectivity index (χ0) is 20.4. The highest BCUT2D eigenvalue weighted by molar-refractivity contribution is 8.93. The fourth-order valence-corrected chi connectivity index (χ4v) is 4.47. The fourth-order valence-electron chi connectivity index (χ4n) is 4.47. The third kappa shape index (κ3) is 6.06. The van der Waals surface area contributed by atoms with Crippen LogP contribution in [0, 0.1) is 0 Å². The summed E-state index contributed by atoms with van der Waals surface area (Å²) in [5, 5.41) is 0. The van der Waals surface area contributed by atoms with E-state index in [1.54, 1.807) is 0 Å². The maximum atomic E-state index is 7.38. The second kappa shape index (κ2) is 12.7. The Bertz CT molecular complexity index is 778. The molecular formula is C28H36BrN. The van der Waals surface area contributed by atoms with Gasteiger partial charge in [-0.05, 0) is 23.1 Å². The first kappa shape index (κ1) is 24.4. The Morgan fingerprint density at radius 3 is 1.57 bits per heavy atom. The van der Waals surface area contributed by atoms with Crippen molar-refractivity contribution < 1.29 is 0 Å². The first-order valence-electron chi connectivity index (χ1n) is 11.2. The molecule has 30 heavy (non-hydrogen) atoms. The molecule has 3 aromatic rings. The van der Waals surface area contributed by atoms with Crippen LogP contribution in [-0.4, -0.2) is 0 Å². The van der Waals surface area contributed by atoms with E-state index in [1.165, 1.54) is 55.2 Å². The van der Waals surface area contributed by atoms with Crippen molar-refractivity contribution in [3.8, 4) is 0 Å². The molecule has 0 aliphatic carbocycles. The maximum Gasteiger partial charge on any atom is 0.0735 e. The topological polar surface area (TPSA) is 26.0 Å². The zero-order valence-electron chi connectivity index (χ0n) is 18.2. The number of hydrogen-bond acceptors (Lipinski definition) is 1. The van der Waals surface area contributed by atoms with Gasteiger partial charge in [0.05, 0.1) is 5.54 Å². The van der Waals surface area contributed by atoms with Crippen molar-refractivity contribution in [2.75, 3.05) is 0 Å². The fraction of sp³-hybridized carbons (Fsp3) is 0.357. The van der Waals surface area contributed by atoms with Crippen LogP contribution in [0.15, 0.2) is 91.0 Å². The first-order valence-corrected chi connectivity index (χ1v) is 11.2. The van der Waals surface area contributed by atoms with Crippen LogP contribution in [0.2, 0.25) is 0 Å². The molecular weight excluding hydrogens is 430 g/mol. The van der Waals surface area contributed by atoms with Gasteiger partial charge in [0, 0.05) is 5.92 Å². The van der Waals surface area contributed by atoms with Crippen molar-refractivity contribution in [3.63, 3.8) is 0 Å². The summed E-state index contributed by atoms with van der Waals surface area (Å²) in [5.74, 6) is 0.236. The molecule has 1 unspecified atom stereocenters. The van der Waals surface area contributed by atoms with Gasteiger partial charge < -0.3 is 5.73 Å². The highest BCUT2D eigenvalue weighted by Gasteiger charge is 2.38. The third-order valence-electron chi connectivity index (χ3n) is 6.10. The van der Waals surface area contributed by atoms with E-state index in [0.29, 0.717) is 0 Å². The SMILES string of the molecule is Br.CCCCCCCCC(c1ccccc1)C(N)(c1ccccc1)c1ccccc1. The van der Waals surface area contributed by atoms with Gasteiger partial charge in [0.1, 0.15) is 0 Å². The van der Waals surface area contributed by atoms with Gasteiger partial charge in [-0.1, -0.05) is 136 Å². The molecule has 0 aliphatic rings. The standard InChI is InChI=1S/C28H35N.BrH/c1-2-3-4-5-6-16-23-27(24-17-10-7-11-18-24)28(29,25-19-12-8-13-20-25)26-21-14-9-15-22-26;/h7-15,17-22,27H,2-6,16,23,29H2,1H3;1H. The Kier molecular flexibility index (Phi) is 10.3. The van der Waals surface area contributed by atoms with Gasteiger partial charge in [0.15, 0.2) is 0 Å². The summed E-state index contributed by atoms with van der Waals surface area (Å²) in [7, 11) is 0. The highest BCUT2D eigenvalue weighted by atomic mass is 79.9.